The van der Waals surface area contributed by atoms with Gasteiger partial charge in [-0.05, 0) is 19.1 Å². The molecule has 0 aliphatic rings. The average Bonchev–Trinajstić information content (AvgIpc) is 1.87. The molecule has 1 aromatic rings. The van der Waals surface area contributed by atoms with Gasteiger partial charge in [-0.15, -0.1) is 0 Å². The van der Waals surface area contributed by atoms with Crippen LogP contribution in [0.15, 0.2) is 0 Å². The predicted molar refractivity (Wildman–Crippen MR) is 37.8 cm³/mol. The van der Waals surface area contributed by atoms with E-state index in [4.69, 9.17) is 12.2 Å². The number of aromatic nitrogens is 2. The Morgan fingerprint density at radius 3 is 2.50 bits per heavy atom. The van der Waals surface area contributed by atoms with Crippen molar-refractivity contribution in [2.24, 2.45) is 0 Å². The van der Waals surface area contributed by atoms with Crippen molar-refractivity contribution < 1.29 is 0 Å². The molecule has 1 radical (unpaired) electrons. The van der Waals surface area contributed by atoms with Gasteiger partial charge in [0.1, 0.15) is 5.01 Å². The van der Waals surface area contributed by atoms with Crippen LogP contribution in [0.2, 0.25) is 0 Å². The molecule has 8 heavy (non-hydrogen) atoms. The molecule has 0 saturated heterocycles. The van der Waals surface area contributed by atoms with Crippen LogP contribution in [-0.2, 0) is 0 Å². The van der Waals surface area contributed by atoms with Gasteiger partial charge >= 0.3 is 0 Å². The fourth-order valence-electron chi connectivity index (χ4n) is 0.304. The molecule has 0 spiro atoms. The van der Waals surface area contributed by atoms with Crippen molar-refractivity contribution in [3.63, 3.8) is 0 Å². The number of nitrogens with zero attached hydrogens (tertiary/aromatic N) is 1. The minimum absolute atomic E-state index is 0. The van der Waals surface area contributed by atoms with Crippen LogP contribution in [0.4, 0.5) is 0 Å². The van der Waals surface area contributed by atoms with E-state index in [9.17, 15) is 0 Å². The van der Waals surface area contributed by atoms with Gasteiger partial charge in [0.05, 0.1) is 0 Å². The first kappa shape index (κ1) is 8.78. The van der Waals surface area contributed by atoms with Crippen LogP contribution in [0.25, 0.3) is 0 Å². The molecule has 0 unspecified atom stereocenters. The molecule has 2 nitrogen and oxygen atoms in total. The van der Waals surface area contributed by atoms with Crippen molar-refractivity contribution in [1.82, 2.24) is 10.2 Å². The summed E-state index contributed by atoms with van der Waals surface area (Å²) < 4.78 is 0.748. The summed E-state index contributed by atoms with van der Waals surface area (Å²) in [5.74, 6) is 0. The molecule has 1 aromatic heterocycles. The average molecular weight is 155 g/mol. The summed E-state index contributed by atoms with van der Waals surface area (Å²) in [6.07, 6.45) is 0. The van der Waals surface area contributed by atoms with Crippen LogP contribution < -0.4 is 0 Å². The summed E-state index contributed by atoms with van der Waals surface area (Å²) in [6.45, 7) is 1.91. The number of aryl methyl sites for hydroxylation is 1. The van der Waals surface area contributed by atoms with Gasteiger partial charge in [0.15, 0.2) is 3.95 Å². The second-order valence-electron chi connectivity index (χ2n) is 1.13. The third kappa shape index (κ3) is 2.37. The molecule has 1 heterocycles. The number of aromatic amines is 1. The van der Waals surface area contributed by atoms with E-state index in [0.717, 1.165) is 8.96 Å². The maximum atomic E-state index is 4.73. The molecule has 5 heteroatoms. The van der Waals surface area contributed by atoms with Crippen molar-refractivity contribution in [3.05, 3.63) is 8.96 Å². The van der Waals surface area contributed by atoms with Gasteiger partial charge in [-0.2, -0.15) is 5.10 Å². The van der Waals surface area contributed by atoms with Crippen LogP contribution >= 0.6 is 23.6 Å². The van der Waals surface area contributed by atoms with Gasteiger partial charge in [-0.3, -0.25) is 5.10 Å². The zero-order chi connectivity index (χ0) is 5.28. The SMILES string of the molecule is Cc1n[nH]c(=S)s1.[Na]. The van der Waals surface area contributed by atoms with Gasteiger partial charge in [-0.1, -0.05) is 11.3 Å². The summed E-state index contributed by atoms with van der Waals surface area (Å²) in [4.78, 5) is 0. The number of hydrogen-bond donors (Lipinski definition) is 1. The van der Waals surface area contributed by atoms with Crippen LogP contribution in [0.1, 0.15) is 5.01 Å². The smallest absolute Gasteiger partial charge is 0.176 e. The molecule has 1 N–H and O–H groups in total. The Balaban J connectivity index is 0.000000490. The predicted octanol–water partition coefficient (Wildman–Crippen LogP) is 1.13. The topological polar surface area (TPSA) is 28.7 Å². The Hall–Kier alpha value is 0.780. The Morgan fingerprint density at radius 2 is 2.38 bits per heavy atom. The summed E-state index contributed by atoms with van der Waals surface area (Å²) in [7, 11) is 0. The molecule has 0 fully saturated rings. The fraction of sp³-hybridized carbons (Fsp3) is 0.333. The van der Waals surface area contributed by atoms with Gasteiger partial charge in [0, 0.05) is 29.6 Å². The summed E-state index contributed by atoms with van der Waals surface area (Å²) in [6, 6.07) is 0. The van der Waals surface area contributed by atoms with E-state index in [1.807, 2.05) is 6.92 Å². The molecule has 0 bridgehead atoms. The van der Waals surface area contributed by atoms with Crippen LogP contribution in [0, 0.1) is 10.9 Å². The second kappa shape index (κ2) is 3.74. The summed E-state index contributed by atoms with van der Waals surface area (Å²) in [5.41, 5.74) is 0. The van der Waals surface area contributed by atoms with Crippen molar-refractivity contribution in [2.45, 2.75) is 6.92 Å². The standard InChI is InChI=1S/C3H4N2S2.Na/c1-2-4-5-3(6)7-2;/h1H3,(H,5,6);. The quantitative estimate of drug-likeness (QED) is 0.449. The van der Waals surface area contributed by atoms with Crippen LogP contribution in [0.3, 0.4) is 0 Å². The van der Waals surface area contributed by atoms with E-state index < -0.39 is 0 Å². The molecule has 39 valence electrons. The van der Waals surface area contributed by atoms with Gasteiger partial charge in [0.25, 0.3) is 0 Å². The Morgan fingerprint density at radius 1 is 1.75 bits per heavy atom. The van der Waals surface area contributed by atoms with Gasteiger partial charge in [0.2, 0.25) is 0 Å². The zero-order valence-corrected chi connectivity index (χ0v) is 8.40. The third-order valence-electron chi connectivity index (χ3n) is 0.545. The molecule has 0 amide bonds. The molecule has 0 atom stereocenters. The summed E-state index contributed by atoms with van der Waals surface area (Å²) in [5, 5.41) is 7.45. The van der Waals surface area contributed by atoms with E-state index in [0.29, 0.717) is 0 Å². The molecule has 0 saturated carbocycles. The maximum absolute atomic E-state index is 4.73. The number of H-pyrrole nitrogens is 1. The Kier molecular flexibility index (Phi) is 4.10. The molecule has 1 rings (SSSR count). The number of hydrogen-bond acceptors (Lipinski definition) is 3. The van der Waals surface area contributed by atoms with E-state index in [1.165, 1.54) is 11.3 Å². The van der Waals surface area contributed by atoms with Gasteiger partial charge < -0.3 is 0 Å². The third-order valence-corrected chi connectivity index (χ3v) is 1.55. The van der Waals surface area contributed by atoms with Crippen LogP contribution in [0.5, 0.6) is 0 Å². The maximum Gasteiger partial charge on any atom is 0.176 e. The summed E-state index contributed by atoms with van der Waals surface area (Å²) >= 11 is 6.22. The fourth-order valence-corrected chi connectivity index (χ4v) is 1.16. The number of nitrogens with one attached hydrogen (secondary N) is 1. The first-order valence-corrected chi connectivity index (χ1v) is 3.03. The molecule has 0 aliphatic carbocycles. The van der Waals surface area contributed by atoms with Crippen molar-refractivity contribution >= 4 is 53.1 Å². The van der Waals surface area contributed by atoms with E-state index in [1.54, 1.807) is 0 Å². The first-order valence-electron chi connectivity index (χ1n) is 1.81. The van der Waals surface area contributed by atoms with Crippen molar-refractivity contribution in [2.75, 3.05) is 0 Å². The minimum Gasteiger partial charge on any atom is -0.258 e. The molecular formula is C3H4N2NaS2. The molecule has 0 aliphatic heterocycles. The number of rotatable bonds is 0. The normalized spacial score (nSPS) is 8.12. The zero-order valence-electron chi connectivity index (χ0n) is 4.76. The van der Waals surface area contributed by atoms with E-state index in [2.05, 4.69) is 10.2 Å². The van der Waals surface area contributed by atoms with E-state index >= 15 is 0 Å². The largest absolute Gasteiger partial charge is 0.258 e. The van der Waals surface area contributed by atoms with E-state index in [-0.39, 0.29) is 29.6 Å². The first-order chi connectivity index (χ1) is 3.29. The molecular weight excluding hydrogens is 151 g/mol. The molecule has 0 aromatic carbocycles. The minimum atomic E-state index is 0. The Labute approximate surface area is 78.6 Å². The Bertz CT molecular complexity index is 203. The van der Waals surface area contributed by atoms with Gasteiger partial charge in [-0.25, -0.2) is 0 Å². The van der Waals surface area contributed by atoms with Crippen molar-refractivity contribution in [3.8, 4) is 0 Å². The van der Waals surface area contributed by atoms with Crippen molar-refractivity contribution in [1.29, 1.82) is 0 Å². The van der Waals surface area contributed by atoms with Crippen LogP contribution in [-0.4, -0.2) is 39.8 Å². The second-order valence-corrected chi connectivity index (χ2v) is 3.00. The monoisotopic (exact) mass is 155 g/mol.